The lowest BCUT2D eigenvalue weighted by molar-refractivity contribution is -0.384. The summed E-state index contributed by atoms with van der Waals surface area (Å²) in [4.78, 5) is 10.4. The van der Waals surface area contributed by atoms with Gasteiger partial charge in [-0.1, -0.05) is 57.9 Å². The maximum absolute atomic E-state index is 10.8. The second kappa shape index (κ2) is 10.2. The van der Waals surface area contributed by atoms with Crippen LogP contribution in [0.2, 0.25) is 0 Å². The molecule has 0 aliphatic carbocycles. The van der Waals surface area contributed by atoms with Crippen LogP contribution in [-0.4, -0.2) is 11.5 Å². The van der Waals surface area contributed by atoms with Gasteiger partial charge in [-0.15, -0.1) is 0 Å². The Hall–Kier alpha value is -1.58. The van der Waals surface area contributed by atoms with Crippen LogP contribution in [0.4, 0.5) is 11.4 Å². The molecule has 0 radical (unpaired) electrons. The molecule has 4 nitrogen and oxygen atoms in total. The van der Waals surface area contributed by atoms with Crippen molar-refractivity contribution >= 4 is 11.4 Å². The average Bonchev–Trinajstić information content (AvgIpc) is 2.47. The number of unbranched alkanes of at least 4 members (excludes halogenated alkanes) is 7. The number of nitro groups is 1. The second-order valence-electron chi connectivity index (χ2n) is 5.66. The zero-order chi connectivity index (χ0) is 15.5. The largest absolute Gasteiger partial charge is 0.385 e. The van der Waals surface area contributed by atoms with Gasteiger partial charge in [0, 0.05) is 24.4 Å². The van der Waals surface area contributed by atoms with Gasteiger partial charge in [0.15, 0.2) is 0 Å². The van der Waals surface area contributed by atoms with E-state index in [4.69, 9.17) is 0 Å². The number of rotatable bonds is 11. The van der Waals surface area contributed by atoms with E-state index >= 15 is 0 Å². The molecule has 4 heteroatoms. The number of nitrogens with zero attached hydrogens (tertiary/aromatic N) is 1. The molecule has 0 heterocycles. The molecule has 1 aromatic rings. The van der Waals surface area contributed by atoms with E-state index in [2.05, 4.69) is 12.2 Å². The fourth-order valence-electron chi connectivity index (χ4n) is 2.40. The SMILES string of the molecule is CCCCCCCCCCNc1cc([N+](=O)[O-])ccc1C. The number of nitro benzene ring substituents is 1. The number of aryl methyl sites for hydroxylation is 1. The smallest absolute Gasteiger partial charge is 0.271 e. The Bertz CT molecular complexity index is 433. The van der Waals surface area contributed by atoms with E-state index in [0.717, 1.165) is 24.2 Å². The van der Waals surface area contributed by atoms with E-state index in [9.17, 15) is 10.1 Å². The summed E-state index contributed by atoms with van der Waals surface area (Å²) in [7, 11) is 0. The summed E-state index contributed by atoms with van der Waals surface area (Å²) in [6, 6.07) is 4.98. The van der Waals surface area contributed by atoms with Crippen molar-refractivity contribution in [3.05, 3.63) is 33.9 Å². The molecule has 0 saturated heterocycles. The van der Waals surface area contributed by atoms with Gasteiger partial charge in [-0.25, -0.2) is 0 Å². The predicted octanol–water partition coefficient (Wildman–Crippen LogP) is 5.46. The van der Waals surface area contributed by atoms with Gasteiger partial charge >= 0.3 is 0 Å². The van der Waals surface area contributed by atoms with Crippen LogP contribution in [0.3, 0.4) is 0 Å². The molecular formula is C17H28N2O2. The number of nitrogens with one attached hydrogen (secondary N) is 1. The van der Waals surface area contributed by atoms with Crippen LogP contribution in [0.5, 0.6) is 0 Å². The van der Waals surface area contributed by atoms with Gasteiger partial charge < -0.3 is 5.32 Å². The fourth-order valence-corrected chi connectivity index (χ4v) is 2.40. The van der Waals surface area contributed by atoms with Crippen LogP contribution in [0.15, 0.2) is 18.2 Å². The van der Waals surface area contributed by atoms with Gasteiger partial charge in [0.05, 0.1) is 4.92 Å². The number of non-ortho nitro benzene ring substituents is 1. The number of anilines is 1. The van der Waals surface area contributed by atoms with Crippen molar-refractivity contribution in [3.8, 4) is 0 Å². The Morgan fingerprint density at radius 3 is 2.29 bits per heavy atom. The molecule has 1 aromatic carbocycles. The first-order chi connectivity index (χ1) is 10.1. The Morgan fingerprint density at radius 2 is 1.67 bits per heavy atom. The summed E-state index contributed by atoms with van der Waals surface area (Å²) in [5, 5.41) is 14.1. The highest BCUT2D eigenvalue weighted by Crippen LogP contribution is 2.21. The Kier molecular flexibility index (Phi) is 8.48. The van der Waals surface area contributed by atoms with Crippen LogP contribution >= 0.6 is 0 Å². The molecule has 0 aromatic heterocycles. The molecule has 21 heavy (non-hydrogen) atoms. The minimum absolute atomic E-state index is 0.152. The van der Waals surface area contributed by atoms with Crippen molar-refractivity contribution in [2.24, 2.45) is 0 Å². The molecule has 0 fully saturated rings. The van der Waals surface area contributed by atoms with E-state index in [-0.39, 0.29) is 10.6 Å². The molecule has 0 unspecified atom stereocenters. The first-order valence-corrected chi connectivity index (χ1v) is 8.14. The van der Waals surface area contributed by atoms with Crippen molar-refractivity contribution in [2.45, 2.75) is 65.2 Å². The van der Waals surface area contributed by atoms with Crippen LogP contribution < -0.4 is 5.32 Å². The van der Waals surface area contributed by atoms with Crippen molar-refractivity contribution in [3.63, 3.8) is 0 Å². The molecular weight excluding hydrogens is 264 g/mol. The zero-order valence-corrected chi connectivity index (χ0v) is 13.4. The van der Waals surface area contributed by atoms with Crippen molar-refractivity contribution in [1.82, 2.24) is 0 Å². The summed E-state index contributed by atoms with van der Waals surface area (Å²) < 4.78 is 0. The lowest BCUT2D eigenvalue weighted by Gasteiger charge is -2.09. The van der Waals surface area contributed by atoms with Gasteiger partial charge in [-0.3, -0.25) is 10.1 Å². The Morgan fingerprint density at radius 1 is 1.05 bits per heavy atom. The maximum atomic E-state index is 10.8. The number of benzene rings is 1. The molecule has 1 N–H and O–H groups in total. The summed E-state index contributed by atoms with van der Waals surface area (Å²) in [5.41, 5.74) is 2.09. The summed E-state index contributed by atoms with van der Waals surface area (Å²) in [5.74, 6) is 0. The van der Waals surface area contributed by atoms with Gasteiger partial charge in [0.2, 0.25) is 0 Å². The van der Waals surface area contributed by atoms with E-state index in [1.165, 1.54) is 44.9 Å². The Labute approximate surface area is 128 Å². The molecule has 1 rings (SSSR count). The summed E-state index contributed by atoms with van der Waals surface area (Å²) in [6.07, 6.45) is 10.3. The molecule has 0 aliphatic heterocycles. The minimum Gasteiger partial charge on any atom is -0.385 e. The zero-order valence-electron chi connectivity index (χ0n) is 13.4. The summed E-state index contributed by atoms with van der Waals surface area (Å²) in [6.45, 7) is 5.10. The Balaban J connectivity index is 2.18. The molecule has 0 atom stereocenters. The fraction of sp³-hybridized carbons (Fsp3) is 0.647. The third-order valence-electron chi connectivity index (χ3n) is 3.78. The van der Waals surface area contributed by atoms with Crippen molar-refractivity contribution in [2.75, 3.05) is 11.9 Å². The third-order valence-corrected chi connectivity index (χ3v) is 3.78. The number of hydrogen-bond donors (Lipinski definition) is 1. The molecule has 0 aliphatic rings. The quantitative estimate of drug-likeness (QED) is 0.335. The minimum atomic E-state index is -0.346. The second-order valence-corrected chi connectivity index (χ2v) is 5.66. The van der Waals surface area contributed by atoms with Crippen molar-refractivity contribution in [1.29, 1.82) is 0 Å². The average molecular weight is 292 g/mol. The molecule has 0 spiro atoms. The van der Waals surface area contributed by atoms with Gasteiger partial charge in [0.1, 0.15) is 0 Å². The van der Waals surface area contributed by atoms with Crippen LogP contribution in [0.1, 0.15) is 63.9 Å². The van der Waals surface area contributed by atoms with Crippen molar-refractivity contribution < 1.29 is 4.92 Å². The van der Waals surface area contributed by atoms with Gasteiger partial charge in [-0.2, -0.15) is 0 Å². The molecule has 0 bridgehead atoms. The third kappa shape index (κ3) is 7.11. The predicted molar refractivity (Wildman–Crippen MR) is 88.9 cm³/mol. The van der Waals surface area contributed by atoms with E-state index in [0.29, 0.717) is 0 Å². The van der Waals surface area contributed by atoms with Crippen LogP contribution in [0.25, 0.3) is 0 Å². The highest BCUT2D eigenvalue weighted by Gasteiger charge is 2.07. The van der Waals surface area contributed by atoms with E-state index < -0.39 is 0 Å². The normalized spacial score (nSPS) is 10.6. The standard InChI is InChI=1S/C17H28N2O2/c1-3-4-5-6-7-8-9-10-13-18-17-14-16(19(20)21)12-11-15(17)2/h11-12,14,18H,3-10,13H2,1-2H3. The van der Waals surface area contributed by atoms with E-state index in [1.807, 2.05) is 6.92 Å². The van der Waals surface area contributed by atoms with E-state index in [1.54, 1.807) is 18.2 Å². The summed E-state index contributed by atoms with van der Waals surface area (Å²) >= 11 is 0. The van der Waals surface area contributed by atoms with Gasteiger partial charge in [-0.05, 0) is 18.9 Å². The molecule has 118 valence electrons. The number of hydrogen-bond acceptors (Lipinski definition) is 3. The molecule has 0 saturated carbocycles. The first kappa shape index (κ1) is 17.5. The van der Waals surface area contributed by atoms with Crippen LogP contribution in [0, 0.1) is 17.0 Å². The highest BCUT2D eigenvalue weighted by atomic mass is 16.6. The lowest BCUT2D eigenvalue weighted by atomic mass is 10.1. The monoisotopic (exact) mass is 292 g/mol. The first-order valence-electron chi connectivity index (χ1n) is 8.14. The molecule has 0 amide bonds. The highest BCUT2D eigenvalue weighted by molar-refractivity contribution is 5.56. The topological polar surface area (TPSA) is 55.2 Å². The van der Waals surface area contributed by atoms with Gasteiger partial charge in [0.25, 0.3) is 5.69 Å². The maximum Gasteiger partial charge on any atom is 0.271 e. The lowest BCUT2D eigenvalue weighted by Crippen LogP contribution is -2.03. The van der Waals surface area contributed by atoms with Crippen LogP contribution in [-0.2, 0) is 0 Å².